The van der Waals surface area contributed by atoms with Gasteiger partial charge in [0.2, 0.25) is 5.91 Å². The van der Waals surface area contributed by atoms with Gasteiger partial charge in [-0.2, -0.15) is 0 Å². The molecule has 1 N–H and O–H groups in total. The third-order valence-corrected chi connectivity index (χ3v) is 5.86. The second kappa shape index (κ2) is 7.04. The monoisotopic (exact) mass is 383 g/mol. The highest BCUT2D eigenvalue weighted by Gasteiger charge is 2.32. The van der Waals surface area contributed by atoms with Crippen LogP contribution in [0.5, 0.6) is 11.5 Å². The fraction of sp³-hybridized carbons (Fsp3) is 0.190. The van der Waals surface area contributed by atoms with Crippen LogP contribution >= 0.6 is 11.3 Å². The Morgan fingerprint density at radius 2 is 1.89 bits per heavy atom. The Balaban J connectivity index is 1.81. The van der Waals surface area contributed by atoms with Crippen molar-refractivity contribution in [1.29, 1.82) is 0 Å². The van der Waals surface area contributed by atoms with Crippen LogP contribution in [0.3, 0.4) is 0 Å². The molecule has 1 atom stereocenters. The van der Waals surface area contributed by atoms with Gasteiger partial charge < -0.3 is 14.8 Å². The van der Waals surface area contributed by atoms with Crippen LogP contribution < -0.4 is 14.8 Å². The molecule has 6 heteroatoms. The summed E-state index contributed by atoms with van der Waals surface area (Å²) in [5, 5.41) is 5.00. The lowest BCUT2D eigenvalue weighted by Gasteiger charge is -2.25. The zero-order chi connectivity index (χ0) is 19.0. The minimum atomic E-state index is -0.285. The van der Waals surface area contributed by atoms with Gasteiger partial charge >= 0.3 is 0 Å². The van der Waals surface area contributed by atoms with Crippen molar-refractivity contribution in [2.24, 2.45) is 0 Å². The topological polar surface area (TPSA) is 47.6 Å². The number of rotatable bonds is 4. The third kappa shape index (κ3) is 3.17. The number of carbonyl (C=O) groups excluding carboxylic acids is 1. The summed E-state index contributed by atoms with van der Waals surface area (Å²) in [6, 6.07) is 11.9. The number of hydrogen-bond donors (Lipinski definition) is 1. The molecule has 0 bridgehead atoms. The fourth-order valence-corrected chi connectivity index (χ4v) is 4.58. The summed E-state index contributed by atoms with van der Waals surface area (Å²) in [5.41, 5.74) is 3.52. The predicted molar refractivity (Wildman–Crippen MR) is 104 cm³/mol. The van der Waals surface area contributed by atoms with E-state index >= 15 is 0 Å². The zero-order valence-electron chi connectivity index (χ0n) is 14.9. The molecule has 0 unspecified atom stereocenters. The number of anilines is 1. The average molecular weight is 383 g/mol. The first-order valence-electron chi connectivity index (χ1n) is 8.49. The number of halogens is 1. The highest BCUT2D eigenvalue weighted by Crippen LogP contribution is 2.48. The number of ether oxygens (including phenoxy) is 2. The quantitative estimate of drug-likeness (QED) is 0.686. The largest absolute Gasteiger partial charge is 0.497 e. The summed E-state index contributed by atoms with van der Waals surface area (Å²) in [5.74, 6) is 0.958. The molecule has 1 aromatic heterocycles. The van der Waals surface area contributed by atoms with Gasteiger partial charge in [-0.1, -0.05) is 18.2 Å². The molecule has 2 heterocycles. The number of amides is 1. The van der Waals surface area contributed by atoms with Crippen molar-refractivity contribution in [3.63, 3.8) is 0 Å². The Kier molecular flexibility index (Phi) is 4.58. The molecular weight excluding hydrogens is 365 g/mol. The van der Waals surface area contributed by atoms with Crippen LogP contribution in [0.1, 0.15) is 22.8 Å². The van der Waals surface area contributed by atoms with Gasteiger partial charge in [0.15, 0.2) is 0 Å². The molecule has 4 rings (SSSR count). The predicted octanol–water partition coefficient (Wildman–Crippen LogP) is 5.05. The van der Waals surface area contributed by atoms with E-state index in [9.17, 15) is 9.18 Å². The van der Waals surface area contributed by atoms with Gasteiger partial charge in [-0.05, 0) is 23.8 Å². The minimum Gasteiger partial charge on any atom is -0.497 e. The Bertz CT molecular complexity index is 997. The Labute approximate surface area is 160 Å². The summed E-state index contributed by atoms with van der Waals surface area (Å²) < 4.78 is 24.1. The van der Waals surface area contributed by atoms with E-state index in [4.69, 9.17) is 9.47 Å². The zero-order valence-corrected chi connectivity index (χ0v) is 15.7. The number of nitrogens with one attached hydrogen (secondary N) is 1. The molecule has 2 aromatic carbocycles. The fourth-order valence-electron chi connectivity index (χ4n) is 3.43. The highest BCUT2D eigenvalue weighted by molar-refractivity contribution is 7.11. The number of methoxy groups -OCH3 is 2. The van der Waals surface area contributed by atoms with Crippen LogP contribution in [-0.2, 0) is 4.79 Å². The van der Waals surface area contributed by atoms with Crippen LogP contribution in [0.2, 0.25) is 0 Å². The van der Waals surface area contributed by atoms with Crippen molar-refractivity contribution in [3.8, 4) is 22.6 Å². The van der Waals surface area contributed by atoms with Crippen molar-refractivity contribution in [3.05, 3.63) is 64.1 Å². The van der Waals surface area contributed by atoms with Crippen LogP contribution in [0.25, 0.3) is 11.1 Å². The molecule has 3 aromatic rings. The number of thiophene rings is 1. The molecule has 0 spiro atoms. The van der Waals surface area contributed by atoms with Gasteiger partial charge in [-0.3, -0.25) is 4.79 Å². The van der Waals surface area contributed by atoms with Crippen molar-refractivity contribution >= 4 is 22.9 Å². The Morgan fingerprint density at radius 1 is 1.11 bits per heavy atom. The number of benzene rings is 2. The van der Waals surface area contributed by atoms with Crippen molar-refractivity contribution < 1.29 is 18.7 Å². The van der Waals surface area contributed by atoms with Crippen molar-refractivity contribution in [2.75, 3.05) is 19.5 Å². The van der Waals surface area contributed by atoms with Crippen molar-refractivity contribution in [2.45, 2.75) is 12.3 Å². The summed E-state index contributed by atoms with van der Waals surface area (Å²) in [6.07, 6.45) is 0.346. The van der Waals surface area contributed by atoms with Crippen LogP contribution in [0.15, 0.2) is 47.8 Å². The summed E-state index contributed by atoms with van der Waals surface area (Å²) >= 11 is 1.59. The second-order valence-electron chi connectivity index (χ2n) is 6.31. The van der Waals surface area contributed by atoms with Gasteiger partial charge in [0.25, 0.3) is 0 Å². The molecule has 0 aliphatic carbocycles. The first kappa shape index (κ1) is 17.5. The lowest BCUT2D eigenvalue weighted by atomic mass is 9.88. The number of hydrogen-bond acceptors (Lipinski definition) is 4. The smallest absolute Gasteiger partial charge is 0.225 e. The van der Waals surface area contributed by atoms with E-state index in [1.165, 1.54) is 12.1 Å². The van der Waals surface area contributed by atoms with Crippen LogP contribution in [0, 0.1) is 5.82 Å². The molecule has 0 fully saturated rings. The first-order chi connectivity index (χ1) is 13.1. The molecule has 0 saturated heterocycles. The molecule has 4 nitrogen and oxygen atoms in total. The maximum Gasteiger partial charge on any atom is 0.225 e. The molecular formula is C21H18FNO3S. The molecule has 0 radical (unpaired) electrons. The summed E-state index contributed by atoms with van der Waals surface area (Å²) in [4.78, 5) is 13.5. The minimum absolute atomic E-state index is 0.0490. The molecule has 138 valence electrons. The lowest BCUT2D eigenvalue weighted by molar-refractivity contribution is -0.116. The van der Waals surface area contributed by atoms with E-state index in [0.717, 1.165) is 27.3 Å². The standard InChI is InChI=1S/C21H18FNO3S/c1-25-14-7-8-15(18(9-14)26-2)16-10-19(24)23-20-17(11-27-21(16)20)12-3-5-13(22)6-4-12/h3-9,11,16H,10H2,1-2H3,(H,23,24)/t16-/m1/s1. The summed E-state index contributed by atoms with van der Waals surface area (Å²) in [7, 11) is 3.22. The lowest BCUT2D eigenvalue weighted by Crippen LogP contribution is -2.22. The van der Waals surface area contributed by atoms with Crippen molar-refractivity contribution in [1.82, 2.24) is 0 Å². The van der Waals surface area contributed by atoms with Gasteiger partial charge in [0, 0.05) is 39.8 Å². The Hall–Kier alpha value is -2.86. The molecule has 1 aliphatic heterocycles. The van der Waals surface area contributed by atoms with E-state index in [2.05, 4.69) is 5.32 Å². The first-order valence-corrected chi connectivity index (χ1v) is 9.37. The van der Waals surface area contributed by atoms with E-state index in [-0.39, 0.29) is 17.6 Å². The van der Waals surface area contributed by atoms with E-state index in [1.54, 1.807) is 37.7 Å². The van der Waals surface area contributed by atoms with E-state index < -0.39 is 0 Å². The average Bonchev–Trinajstić information content (AvgIpc) is 3.11. The SMILES string of the molecule is COc1ccc([C@H]2CC(=O)Nc3c(-c4ccc(F)cc4)csc32)c(OC)c1. The summed E-state index contributed by atoms with van der Waals surface area (Å²) in [6.45, 7) is 0. The maximum absolute atomic E-state index is 13.3. The Morgan fingerprint density at radius 3 is 2.59 bits per heavy atom. The normalized spacial score (nSPS) is 15.8. The number of fused-ring (bicyclic) bond motifs is 1. The van der Waals surface area contributed by atoms with E-state index in [1.807, 2.05) is 23.6 Å². The van der Waals surface area contributed by atoms with E-state index in [0.29, 0.717) is 17.9 Å². The van der Waals surface area contributed by atoms with Gasteiger partial charge in [-0.15, -0.1) is 11.3 Å². The van der Waals surface area contributed by atoms with Gasteiger partial charge in [-0.25, -0.2) is 4.39 Å². The highest BCUT2D eigenvalue weighted by atomic mass is 32.1. The molecule has 0 saturated carbocycles. The number of carbonyl (C=O) groups is 1. The van der Waals surface area contributed by atoms with Gasteiger partial charge in [0.1, 0.15) is 17.3 Å². The molecule has 1 amide bonds. The third-order valence-electron chi connectivity index (χ3n) is 4.76. The van der Waals surface area contributed by atoms with Gasteiger partial charge in [0.05, 0.1) is 19.9 Å². The molecule has 1 aliphatic rings. The molecule has 27 heavy (non-hydrogen) atoms. The second-order valence-corrected chi connectivity index (χ2v) is 7.22. The van der Waals surface area contributed by atoms with Crippen LogP contribution in [0.4, 0.5) is 10.1 Å². The maximum atomic E-state index is 13.3. The van der Waals surface area contributed by atoms with Crippen LogP contribution in [-0.4, -0.2) is 20.1 Å².